The summed E-state index contributed by atoms with van der Waals surface area (Å²) in [6, 6.07) is 7.40. The summed E-state index contributed by atoms with van der Waals surface area (Å²) in [5.41, 5.74) is -0.342. The first-order valence-electron chi connectivity index (χ1n) is 12.2. The Hall–Kier alpha value is -2.89. The normalized spacial score (nSPS) is 22.8. The van der Waals surface area contributed by atoms with Gasteiger partial charge >= 0.3 is 12.1 Å². The molecule has 2 fully saturated rings. The van der Waals surface area contributed by atoms with E-state index in [0.717, 1.165) is 12.1 Å². The van der Waals surface area contributed by atoms with Crippen LogP contribution in [0.2, 0.25) is 5.02 Å². The van der Waals surface area contributed by atoms with Crippen LogP contribution in [0.4, 0.5) is 23.2 Å². The summed E-state index contributed by atoms with van der Waals surface area (Å²) in [5.74, 6) is -2.47. The molecule has 2 N–H and O–H groups in total. The second-order valence-corrected chi connectivity index (χ2v) is 10.1. The van der Waals surface area contributed by atoms with Gasteiger partial charge in [0.1, 0.15) is 11.9 Å². The molecule has 0 spiro atoms. The molecule has 2 aromatic rings. The van der Waals surface area contributed by atoms with Crippen LogP contribution in [0.25, 0.3) is 0 Å². The summed E-state index contributed by atoms with van der Waals surface area (Å²) < 4.78 is 58.6. The van der Waals surface area contributed by atoms with Gasteiger partial charge in [0.15, 0.2) is 0 Å². The first-order chi connectivity index (χ1) is 17.9. The summed E-state index contributed by atoms with van der Waals surface area (Å²) >= 11 is 5.81. The van der Waals surface area contributed by atoms with Crippen LogP contribution < -0.4 is 10.2 Å². The van der Waals surface area contributed by atoms with Gasteiger partial charge in [-0.15, -0.1) is 0 Å². The predicted molar refractivity (Wildman–Crippen MR) is 133 cm³/mol. The molecule has 206 valence electrons. The van der Waals surface area contributed by atoms with E-state index in [2.05, 4.69) is 10.2 Å². The van der Waals surface area contributed by atoms with Crippen LogP contribution in [0, 0.1) is 5.82 Å². The highest BCUT2D eigenvalue weighted by Gasteiger charge is 2.34. The van der Waals surface area contributed by atoms with E-state index in [-0.39, 0.29) is 40.7 Å². The summed E-state index contributed by atoms with van der Waals surface area (Å²) in [5, 5.41) is 11.8. The van der Waals surface area contributed by atoms with Crippen LogP contribution in [-0.4, -0.2) is 66.3 Å². The van der Waals surface area contributed by atoms with Gasteiger partial charge in [0.2, 0.25) is 5.91 Å². The van der Waals surface area contributed by atoms with Crippen molar-refractivity contribution in [1.82, 2.24) is 10.2 Å². The molecule has 2 heterocycles. The lowest BCUT2D eigenvalue weighted by molar-refractivity contribution is -0.138. The molecular formula is C26H28ClF4N3O4. The maximum absolute atomic E-state index is 13.8. The summed E-state index contributed by atoms with van der Waals surface area (Å²) in [4.78, 5) is 28.2. The molecule has 0 radical (unpaired) electrons. The number of halogens is 5. The minimum atomic E-state index is -4.53. The Balaban J connectivity index is 1.27. The second-order valence-electron chi connectivity index (χ2n) is 9.62. The molecule has 0 aromatic heterocycles. The largest absolute Gasteiger partial charge is 0.478 e. The van der Waals surface area contributed by atoms with Crippen LogP contribution in [0.15, 0.2) is 36.4 Å². The number of carbonyl (C=O) groups excluding carboxylic acids is 1. The summed E-state index contributed by atoms with van der Waals surface area (Å²) in [6.45, 7) is 4.23. The van der Waals surface area contributed by atoms with E-state index in [1.165, 1.54) is 18.2 Å². The SMILES string of the molecule is CC1CN(C2CCC(C(=O)NCc3cc(Cl)cc(C(F)(F)F)c3)OC2)CCN1c1ccc(F)c(C(=O)O)c1. The molecule has 7 nitrogen and oxygen atoms in total. The van der Waals surface area contributed by atoms with Crippen LogP contribution in [0.5, 0.6) is 0 Å². The average Bonchev–Trinajstić information content (AvgIpc) is 2.87. The lowest BCUT2D eigenvalue weighted by atomic mass is 10.0. The Bertz CT molecular complexity index is 1190. The van der Waals surface area contributed by atoms with Crippen molar-refractivity contribution >= 4 is 29.2 Å². The number of benzene rings is 2. The molecule has 2 aliphatic heterocycles. The van der Waals surface area contributed by atoms with E-state index >= 15 is 0 Å². The number of alkyl halides is 3. The molecule has 0 bridgehead atoms. The first-order valence-corrected chi connectivity index (χ1v) is 12.6. The second kappa shape index (κ2) is 11.5. The van der Waals surface area contributed by atoms with Gasteiger partial charge in [-0.2, -0.15) is 13.2 Å². The van der Waals surface area contributed by atoms with E-state index in [0.29, 0.717) is 44.8 Å². The number of nitrogens with one attached hydrogen (secondary N) is 1. The van der Waals surface area contributed by atoms with Gasteiger partial charge in [-0.25, -0.2) is 9.18 Å². The van der Waals surface area contributed by atoms with Crippen LogP contribution >= 0.6 is 11.6 Å². The number of nitrogens with zero attached hydrogens (tertiary/aromatic N) is 2. The third-order valence-corrected chi connectivity index (χ3v) is 7.20. The van der Waals surface area contributed by atoms with E-state index in [9.17, 15) is 32.3 Å². The van der Waals surface area contributed by atoms with Gasteiger partial charge in [-0.05, 0) is 61.7 Å². The Morgan fingerprint density at radius 1 is 1.16 bits per heavy atom. The van der Waals surface area contributed by atoms with Gasteiger partial charge in [-0.1, -0.05) is 11.6 Å². The van der Waals surface area contributed by atoms with Crippen molar-refractivity contribution in [3.63, 3.8) is 0 Å². The Labute approximate surface area is 222 Å². The van der Waals surface area contributed by atoms with Crippen molar-refractivity contribution in [1.29, 1.82) is 0 Å². The molecule has 12 heteroatoms. The number of carboxylic acid groups (broad SMARTS) is 1. The highest BCUT2D eigenvalue weighted by Crippen LogP contribution is 2.32. The molecular weight excluding hydrogens is 530 g/mol. The minimum absolute atomic E-state index is 0.0381. The molecule has 3 unspecified atom stereocenters. The monoisotopic (exact) mass is 557 g/mol. The number of anilines is 1. The van der Waals surface area contributed by atoms with Crippen molar-refractivity contribution in [2.45, 2.75) is 50.7 Å². The average molecular weight is 558 g/mol. The molecule has 0 saturated carbocycles. The molecule has 0 aliphatic carbocycles. The zero-order valence-electron chi connectivity index (χ0n) is 20.6. The van der Waals surface area contributed by atoms with Crippen molar-refractivity contribution in [3.05, 3.63) is 63.9 Å². The van der Waals surface area contributed by atoms with Gasteiger partial charge in [0.05, 0.1) is 17.7 Å². The van der Waals surface area contributed by atoms with Crippen molar-refractivity contribution in [2.75, 3.05) is 31.1 Å². The van der Waals surface area contributed by atoms with E-state index in [4.69, 9.17) is 16.3 Å². The highest BCUT2D eigenvalue weighted by atomic mass is 35.5. The predicted octanol–water partition coefficient (Wildman–Crippen LogP) is 4.57. The van der Waals surface area contributed by atoms with Crippen molar-refractivity contribution in [2.24, 2.45) is 0 Å². The minimum Gasteiger partial charge on any atom is -0.478 e. The zero-order valence-corrected chi connectivity index (χ0v) is 21.4. The van der Waals surface area contributed by atoms with Crippen molar-refractivity contribution in [3.8, 4) is 0 Å². The van der Waals surface area contributed by atoms with Gasteiger partial charge in [-0.3, -0.25) is 9.69 Å². The fraction of sp³-hybridized carbons (Fsp3) is 0.462. The number of hydrogen-bond acceptors (Lipinski definition) is 5. The van der Waals surface area contributed by atoms with Crippen LogP contribution in [-0.2, 0) is 22.3 Å². The number of aromatic carboxylic acids is 1. The molecule has 2 aromatic carbocycles. The smallest absolute Gasteiger partial charge is 0.416 e. The third-order valence-electron chi connectivity index (χ3n) is 6.98. The lowest BCUT2D eigenvalue weighted by Gasteiger charge is -2.45. The Morgan fingerprint density at radius 2 is 1.92 bits per heavy atom. The number of rotatable bonds is 6. The van der Waals surface area contributed by atoms with Crippen LogP contribution in [0.1, 0.15) is 41.3 Å². The standard InChI is InChI=1S/C26H28ClF4N3O4/c1-15-13-33(6-7-34(15)19-2-4-22(28)21(11-19)25(36)37)20-3-5-23(38-14-20)24(35)32-12-16-8-17(26(29,30)31)10-18(27)9-16/h2,4,8-11,15,20,23H,3,5-7,12-14H2,1H3,(H,32,35)(H,36,37). The fourth-order valence-corrected chi connectivity index (χ4v) is 5.27. The van der Waals surface area contributed by atoms with Gasteiger partial charge in [0, 0.05) is 49.0 Å². The number of hydrogen-bond donors (Lipinski definition) is 2. The van der Waals surface area contributed by atoms with Gasteiger partial charge < -0.3 is 20.1 Å². The fourth-order valence-electron chi connectivity index (χ4n) is 5.01. The summed E-state index contributed by atoms with van der Waals surface area (Å²) in [6.07, 6.45) is -4.05. The lowest BCUT2D eigenvalue weighted by Crippen LogP contribution is -2.57. The van der Waals surface area contributed by atoms with Crippen molar-refractivity contribution < 1.29 is 37.0 Å². The van der Waals surface area contributed by atoms with E-state index < -0.39 is 29.6 Å². The molecule has 38 heavy (non-hydrogen) atoms. The Kier molecular flexibility index (Phi) is 8.49. The number of piperazine rings is 1. The molecule has 2 saturated heterocycles. The first kappa shape index (κ1) is 28.1. The van der Waals surface area contributed by atoms with E-state index in [1.807, 2.05) is 11.8 Å². The number of carbonyl (C=O) groups is 2. The maximum Gasteiger partial charge on any atom is 0.416 e. The number of ether oxygens (including phenoxy) is 1. The quantitative estimate of drug-likeness (QED) is 0.507. The number of carboxylic acids is 1. The summed E-state index contributed by atoms with van der Waals surface area (Å²) in [7, 11) is 0. The van der Waals surface area contributed by atoms with E-state index in [1.54, 1.807) is 6.07 Å². The maximum atomic E-state index is 13.8. The molecule has 1 amide bonds. The van der Waals surface area contributed by atoms with Crippen LogP contribution in [0.3, 0.4) is 0 Å². The zero-order chi connectivity index (χ0) is 27.6. The molecule has 3 atom stereocenters. The third kappa shape index (κ3) is 6.57. The number of amides is 1. The molecule has 4 rings (SSSR count). The molecule has 2 aliphatic rings. The highest BCUT2D eigenvalue weighted by molar-refractivity contribution is 6.30. The topological polar surface area (TPSA) is 82.1 Å². The Morgan fingerprint density at radius 3 is 2.55 bits per heavy atom. The van der Waals surface area contributed by atoms with Gasteiger partial charge in [0.25, 0.3) is 0 Å².